The van der Waals surface area contributed by atoms with E-state index in [1.54, 1.807) is 0 Å². The summed E-state index contributed by atoms with van der Waals surface area (Å²) in [4.78, 5) is 4.51. The molecule has 0 spiro atoms. The maximum absolute atomic E-state index is 4.51. The Bertz CT molecular complexity index is 519. The molecule has 2 aromatic rings. The second kappa shape index (κ2) is 4.03. The van der Waals surface area contributed by atoms with Gasteiger partial charge in [-0.15, -0.1) is 0 Å². The van der Waals surface area contributed by atoms with Crippen molar-refractivity contribution in [2.45, 2.75) is 13.1 Å². The molecule has 1 aromatic heterocycles. The van der Waals surface area contributed by atoms with Crippen molar-refractivity contribution in [3.05, 3.63) is 40.6 Å². The van der Waals surface area contributed by atoms with Crippen molar-refractivity contribution < 1.29 is 0 Å². The van der Waals surface area contributed by atoms with Crippen LogP contribution in [0.3, 0.4) is 0 Å². The van der Waals surface area contributed by atoms with Gasteiger partial charge in [0.25, 0.3) is 0 Å². The van der Waals surface area contributed by atoms with Crippen LogP contribution in [-0.2, 0) is 13.1 Å². The van der Waals surface area contributed by atoms with Gasteiger partial charge >= 0.3 is 0 Å². The Morgan fingerprint density at radius 1 is 1.38 bits per heavy atom. The number of imidazole rings is 1. The molecule has 0 bridgehead atoms. The predicted octanol–water partition coefficient (Wildman–Crippen LogP) is 2.42. The number of hydrogen-bond donors (Lipinski definition) is 1. The Morgan fingerprint density at radius 3 is 3.19 bits per heavy atom. The van der Waals surface area contributed by atoms with Gasteiger partial charge in [0.05, 0.1) is 11.9 Å². The van der Waals surface area contributed by atoms with E-state index in [9.17, 15) is 0 Å². The maximum Gasteiger partial charge on any atom is 0.140 e. The number of benzene rings is 1. The molecule has 1 aromatic carbocycles. The van der Waals surface area contributed by atoms with Crippen molar-refractivity contribution in [3.8, 4) is 11.4 Å². The molecule has 0 saturated carbocycles. The minimum absolute atomic E-state index is 0.918. The first-order chi connectivity index (χ1) is 7.84. The first kappa shape index (κ1) is 10.1. The number of hydrogen-bond acceptors (Lipinski definition) is 2. The number of aromatic nitrogens is 2. The highest BCUT2D eigenvalue weighted by Gasteiger charge is 2.14. The number of nitrogens with one attached hydrogen (secondary N) is 1. The monoisotopic (exact) mass is 277 g/mol. The van der Waals surface area contributed by atoms with Crippen molar-refractivity contribution >= 4 is 15.9 Å². The van der Waals surface area contributed by atoms with Crippen LogP contribution in [0.5, 0.6) is 0 Å². The van der Waals surface area contributed by atoms with Crippen molar-refractivity contribution in [3.63, 3.8) is 0 Å². The van der Waals surface area contributed by atoms with Gasteiger partial charge in [-0.1, -0.05) is 28.1 Å². The lowest BCUT2D eigenvalue weighted by molar-refractivity contribution is 0.519. The van der Waals surface area contributed by atoms with E-state index in [1.807, 2.05) is 18.3 Å². The molecular formula is C12H12BrN3. The van der Waals surface area contributed by atoms with Crippen molar-refractivity contribution in [1.82, 2.24) is 14.9 Å². The molecule has 0 unspecified atom stereocenters. The zero-order valence-corrected chi connectivity index (χ0v) is 10.4. The molecule has 0 aliphatic carbocycles. The zero-order chi connectivity index (χ0) is 11.0. The van der Waals surface area contributed by atoms with E-state index in [-0.39, 0.29) is 0 Å². The Morgan fingerprint density at radius 2 is 2.31 bits per heavy atom. The summed E-state index contributed by atoms with van der Waals surface area (Å²) in [6.07, 6.45) is 1.96. The number of fused-ring (bicyclic) bond motifs is 1. The molecule has 2 heterocycles. The normalized spacial score (nSPS) is 14.8. The fourth-order valence-corrected chi connectivity index (χ4v) is 2.47. The summed E-state index contributed by atoms with van der Waals surface area (Å²) in [5, 5.41) is 3.35. The van der Waals surface area contributed by atoms with E-state index in [1.165, 1.54) is 11.3 Å². The van der Waals surface area contributed by atoms with Crippen LogP contribution < -0.4 is 5.32 Å². The lowest BCUT2D eigenvalue weighted by Crippen LogP contribution is -2.27. The van der Waals surface area contributed by atoms with E-state index >= 15 is 0 Å². The summed E-state index contributed by atoms with van der Waals surface area (Å²) >= 11 is 3.49. The van der Waals surface area contributed by atoms with Gasteiger partial charge in [-0.25, -0.2) is 4.98 Å². The van der Waals surface area contributed by atoms with E-state index in [0.29, 0.717) is 0 Å². The molecule has 1 aliphatic heterocycles. The average molecular weight is 278 g/mol. The molecule has 0 radical (unpaired) electrons. The van der Waals surface area contributed by atoms with Crippen molar-refractivity contribution in [2.75, 3.05) is 6.54 Å². The van der Waals surface area contributed by atoms with Crippen LogP contribution in [0.2, 0.25) is 0 Å². The fraction of sp³-hybridized carbons (Fsp3) is 0.250. The van der Waals surface area contributed by atoms with Crippen LogP contribution in [0, 0.1) is 0 Å². The second-order valence-corrected chi connectivity index (χ2v) is 4.83. The average Bonchev–Trinajstić information content (AvgIpc) is 2.72. The van der Waals surface area contributed by atoms with Crippen molar-refractivity contribution in [1.29, 1.82) is 0 Å². The number of halogens is 1. The molecule has 3 rings (SSSR count). The molecule has 16 heavy (non-hydrogen) atoms. The Hall–Kier alpha value is -1.13. The standard InChI is InChI=1S/C12H12BrN3/c13-10-3-1-2-9(6-10)12-15-8-11-7-14-4-5-16(11)12/h1-3,6,8,14H,4-5,7H2. The molecule has 0 fully saturated rings. The Kier molecular flexibility index (Phi) is 2.53. The summed E-state index contributed by atoms with van der Waals surface area (Å²) in [7, 11) is 0. The Balaban J connectivity index is 2.09. The van der Waals surface area contributed by atoms with Gasteiger partial charge in [-0.3, -0.25) is 0 Å². The third kappa shape index (κ3) is 1.68. The van der Waals surface area contributed by atoms with Crippen LogP contribution in [0.4, 0.5) is 0 Å². The number of rotatable bonds is 1. The second-order valence-electron chi connectivity index (χ2n) is 3.91. The van der Waals surface area contributed by atoms with E-state index in [2.05, 4.69) is 42.9 Å². The maximum atomic E-state index is 4.51. The lowest BCUT2D eigenvalue weighted by Gasteiger charge is -2.17. The minimum atomic E-state index is 0.918. The summed E-state index contributed by atoms with van der Waals surface area (Å²) in [6.45, 7) is 2.93. The van der Waals surface area contributed by atoms with E-state index in [0.717, 1.165) is 29.9 Å². The summed E-state index contributed by atoms with van der Waals surface area (Å²) < 4.78 is 3.38. The van der Waals surface area contributed by atoms with Gasteiger partial charge in [-0.2, -0.15) is 0 Å². The summed E-state index contributed by atoms with van der Waals surface area (Å²) in [6, 6.07) is 8.29. The van der Waals surface area contributed by atoms with Crippen molar-refractivity contribution in [2.24, 2.45) is 0 Å². The van der Waals surface area contributed by atoms with Crippen LogP contribution in [0.15, 0.2) is 34.9 Å². The van der Waals surface area contributed by atoms with Gasteiger partial charge in [0.2, 0.25) is 0 Å². The molecule has 0 amide bonds. The first-order valence-electron chi connectivity index (χ1n) is 5.35. The van der Waals surface area contributed by atoms with E-state index < -0.39 is 0 Å². The highest BCUT2D eigenvalue weighted by atomic mass is 79.9. The zero-order valence-electron chi connectivity index (χ0n) is 8.78. The molecular weight excluding hydrogens is 266 g/mol. The van der Waals surface area contributed by atoms with Gasteiger partial charge in [0.1, 0.15) is 5.82 Å². The van der Waals surface area contributed by atoms with Crippen LogP contribution in [-0.4, -0.2) is 16.1 Å². The quantitative estimate of drug-likeness (QED) is 0.868. The third-order valence-electron chi connectivity index (χ3n) is 2.84. The fourth-order valence-electron chi connectivity index (χ4n) is 2.07. The molecule has 4 heteroatoms. The van der Waals surface area contributed by atoms with E-state index in [4.69, 9.17) is 0 Å². The predicted molar refractivity (Wildman–Crippen MR) is 67.1 cm³/mol. The highest BCUT2D eigenvalue weighted by molar-refractivity contribution is 9.10. The lowest BCUT2D eigenvalue weighted by atomic mass is 10.2. The molecule has 0 atom stereocenters. The summed E-state index contributed by atoms with van der Waals surface area (Å²) in [5.74, 6) is 1.07. The summed E-state index contributed by atoms with van der Waals surface area (Å²) in [5.41, 5.74) is 2.43. The number of nitrogens with zero attached hydrogens (tertiary/aromatic N) is 2. The molecule has 1 aliphatic rings. The molecule has 1 N–H and O–H groups in total. The first-order valence-corrected chi connectivity index (χ1v) is 6.15. The van der Waals surface area contributed by atoms with Gasteiger partial charge in [-0.05, 0) is 12.1 Å². The van der Waals surface area contributed by atoms with Crippen LogP contribution in [0.25, 0.3) is 11.4 Å². The molecule has 0 saturated heterocycles. The Labute approximate surface area is 103 Å². The van der Waals surface area contributed by atoms with Crippen LogP contribution >= 0.6 is 15.9 Å². The molecule has 82 valence electrons. The SMILES string of the molecule is Brc1cccc(-c2ncc3n2CCNC3)c1. The van der Waals surface area contributed by atoms with Crippen LogP contribution in [0.1, 0.15) is 5.69 Å². The van der Waals surface area contributed by atoms with Gasteiger partial charge in [0, 0.05) is 29.7 Å². The highest BCUT2D eigenvalue weighted by Crippen LogP contribution is 2.23. The minimum Gasteiger partial charge on any atom is -0.326 e. The third-order valence-corrected chi connectivity index (χ3v) is 3.33. The topological polar surface area (TPSA) is 29.9 Å². The molecule has 3 nitrogen and oxygen atoms in total. The van der Waals surface area contributed by atoms with Gasteiger partial charge < -0.3 is 9.88 Å². The largest absolute Gasteiger partial charge is 0.326 e. The van der Waals surface area contributed by atoms with Gasteiger partial charge in [0.15, 0.2) is 0 Å². The smallest absolute Gasteiger partial charge is 0.140 e.